The molecule has 0 aliphatic rings. The Labute approximate surface area is 112 Å². The Morgan fingerprint density at radius 3 is 2.42 bits per heavy atom. The fourth-order valence-electron chi connectivity index (χ4n) is 1.98. The summed E-state index contributed by atoms with van der Waals surface area (Å²) in [4.78, 5) is 11.1. The van der Waals surface area contributed by atoms with E-state index in [-0.39, 0.29) is 0 Å². The van der Waals surface area contributed by atoms with Gasteiger partial charge >= 0.3 is 5.97 Å². The van der Waals surface area contributed by atoms with Gasteiger partial charge in [0.1, 0.15) is 5.75 Å². The van der Waals surface area contributed by atoms with Crippen molar-refractivity contribution >= 4 is 5.97 Å². The topological polar surface area (TPSA) is 46.5 Å². The number of carbonyl (C=O) groups is 1. The van der Waals surface area contributed by atoms with Gasteiger partial charge in [-0.05, 0) is 30.2 Å². The molecule has 0 bridgehead atoms. The zero-order valence-corrected chi connectivity index (χ0v) is 11.0. The van der Waals surface area contributed by atoms with Crippen molar-refractivity contribution in [3.63, 3.8) is 0 Å². The summed E-state index contributed by atoms with van der Waals surface area (Å²) in [5, 5.41) is 9.09. The first-order valence-corrected chi connectivity index (χ1v) is 6.09. The van der Waals surface area contributed by atoms with E-state index in [1.807, 2.05) is 42.5 Å². The second-order valence-electron chi connectivity index (χ2n) is 4.39. The summed E-state index contributed by atoms with van der Waals surface area (Å²) in [6, 6.07) is 15.3. The van der Waals surface area contributed by atoms with E-state index in [1.165, 1.54) is 0 Å². The molecule has 1 N–H and O–H groups in total. The second-order valence-corrected chi connectivity index (χ2v) is 4.39. The van der Waals surface area contributed by atoms with Crippen LogP contribution in [-0.4, -0.2) is 18.2 Å². The van der Waals surface area contributed by atoms with Gasteiger partial charge in [0, 0.05) is 5.56 Å². The average Bonchev–Trinajstić information content (AvgIpc) is 2.46. The van der Waals surface area contributed by atoms with Crippen molar-refractivity contribution in [2.45, 2.75) is 12.8 Å². The maximum Gasteiger partial charge on any atom is 0.310 e. The lowest BCUT2D eigenvalue weighted by atomic mass is 9.95. The number of methoxy groups -OCH3 is 1. The molecule has 2 rings (SSSR count). The zero-order chi connectivity index (χ0) is 13.8. The first-order chi connectivity index (χ1) is 9.13. The number of carboxylic acids is 1. The molecule has 0 fully saturated rings. The molecule has 0 spiro atoms. The van der Waals surface area contributed by atoms with E-state index in [2.05, 4.69) is 0 Å². The third kappa shape index (κ3) is 2.76. The molecule has 0 heterocycles. The third-order valence-corrected chi connectivity index (χ3v) is 3.18. The Morgan fingerprint density at radius 2 is 1.84 bits per heavy atom. The summed E-state index contributed by atoms with van der Waals surface area (Å²) < 4.78 is 5.35. The van der Waals surface area contributed by atoms with Gasteiger partial charge in [0.15, 0.2) is 0 Å². The molecule has 0 amide bonds. The van der Waals surface area contributed by atoms with Gasteiger partial charge in [-0.1, -0.05) is 36.4 Å². The molecular formula is C16H16O3. The molecule has 1 unspecified atom stereocenters. The van der Waals surface area contributed by atoms with E-state index < -0.39 is 11.9 Å². The number of hydrogen-bond donors (Lipinski definition) is 1. The Kier molecular flexibility index (Phi) is 3.85. The van der Waals surface area contributed by atoms with Crippen molar-refractivity contribution in [2.75, 3.05) is 7.11 Å². The predicted octanol–water partition coefficient (Wildman–Crippen LogP) is 3.55. The van der Waals surface area contributed by atoms with Crippen molar-refractivity contribution in [3.8, 4) is 16.9 Å². The monoisotopic (exact) mass is 256 g/mol. The van der Waals surface area contributed by atoms with Gasteiger partial charge in [-0.2, -0.15) is 0 Å². The zero-order valence-electron chi connectivity index (χ0n) is 11.0. The molecule has 0 aliphatic carbocycles. The van der Waals surface area contributed by atoms with Gasteiger partial charge in [0.2, 0.25) is 0 Å². The highest BCUT2D eigenvalue weighted by atomic mass is 16.5. The number of benzene rings is 2. The minimum atomic E-state index is -0.829. The van der Waals surface area contributed by atoms with Gasteiger partial charge in [-0.15, -0.1) is 0 Å². The second kappa shape index (κ2) is 5.57. The van der Waals surface area contributed by atoms with E-state index in [4.69, 9.17) is 9.84 Å². The molecule has 1 atom stereocenters. The minimum absolute atomic E-state index is 0.534. The van der Waals surface area contributed by atoms with Gasteiger partial charge in [0.25, 0.3) is 0 Å². The van der Waals surface area contributed by atoms with Crippen molar-refractivity contribution in [1.82, 2.24) is 0 Å². The lowest BCUT2D eigenvalue weighted by Gasteiger charge is -2.13. The Hall–Kier alpha value is -2.29. The number of ether oxygens (including phenoxy) is 1. The molecule has 3 heteroatoms. The summed E-state index contributed by atoms with van der Waals surface area (Å²) in [7, 11) is 1.61. The van der Waals surface area contributed by atoms with E-state index in [0.717, 1.165) is 22.4 Å². The smallest absolute Gasteiger partial charge is 0.310 e. The van der Waals surface area contributed by atoms with Crippen LogP contribution in [0.1, 0.15) is 18.4 Å². The van der Waals surface area contributed by atoms with Gasteiger partial charge in [-0.3, -0.25) is 4.79 Å². The summed E-state index contributed by atoms with van der Waals surface area (Å²) in [6.45, 7) is 1.68. The largest absolute Gasteiger partial charge is 0.496 e. The van der Waals surface area contributed by atoms with Crippen LogP contribution in [0.15, 0.2) is 48.5 Å². The lowest BCUT2D eigenvalue weighted by molar-refractivity contribution is -0.138. The summed E-state index contributed by atoms with van der Waals surface area (Å²) in [5.41, 5.74) is 2.69. The van der Waals surface area contributed by atoms with Gasteiger partial charge in [-0.25, -0.2) is 0 Å². The lowest BCUT2D eigenvalue weighted by Crippen LogP contribution is -2.07. The van der Waals surface area contributed by atoms with Crippen LogP contribution in [0.5, 0.6) is 5.75 Å². The molecule has 0 radical (unpaired) electrons. The number of aliphatic carboxylic acids is 1. The van der Waals surface area contributed by atoms with E-state index >= 15 is 0 Å². The van der Waals surface area contributed by atoms with Crippen LogP contribution >= 0.6 is 0 Å². The molecule has 2 aromatic rings. The van der Waals surface area contributed by atoms with Gasteiger partial charge in [0.05, 0.1) is 13.0 Å². The van der Waals surface area contributed by atoms with Crippen LogP contribution in [0.4, 0.5) is 0 Å². The first-order valence-electron chi connectivity index (χ1n) is 6.09. The molecule has 0 saturated heterocycles. The van der Waals surface area contributed by atoms with Crippen molar-refractivity contribution < 1.29 is 14.6 Å². The van der Waals surface area contributed by atoms with Crippen molar-refractivity contribution in [1.29, 1.82) is 0 Å². The van der Waals surface area contributed by atoms with Crippen LogP contribution in [0, 0.1) is 0 Å². The number of hydrogen-bond acceptors (Lipinski definition) is 2. The van der Waals surface area contributed by atoms with Gasteiger partial charge < -0.3 is 9.84 Å². The van der Waals surface area contributed by atoms with Crippen LogP contribution in [-0.2, 0) is 4.79 Å². The third-order valence-electron chi connectivity index (χ3n) is 3.18. The standard InChI is InChI=1S/C16H16O3/c1-11(16(17)18)13-8-9-15(19-2)14(10-13)12-6-4-3-5-7-12/h3-11H,1-2H3,(H,17,18). The summed E-state index contributed by atoms with van der Waals surface area (Å²) in [5.74, 6) is -0.620. The van der Waals surface area contributed by atoms with Crippen LogP contribution in [0.3, 0.4) is 0 Å². The van der Waals surface area contributed by atoms with Crippen molar-refractivity contribution in [2.24, 2.45) is 0 Å². The van der Waals surface area contributed by atoms with Crippen LogP contribution in [0.25, 0.3) is 11.1 Å². The molecule has 0 aliphatic heterocycles. The van der Waals surface area contributed by atoms with Crippen molar-refractivity contribution in [3.05, 3.63) is 54.1 Å². The molecule has 19 heavy (non-hydrogen) atoms. The Morgan fingerprint density at radius 1 is 1.16 bits per heavy atom. The van der Waals surface area contributed by atoms with E-state index in [1.54, 1.807) is 20.1 Å². The fraction of sp³-hybridized carbons (Fsp3) is 0.188. The maximum atomic E-state index is 11.1. The average molecular weight is 256 g/mol. The highest BCUT2D eigenvalue weighted by molar-refractivity contribution is 5.78. The normalized spacial score (nSPS) is 11.9. The highest BCUT2D eigenvalue weighted by Gasteiger charge is 2.16. The predicted molar refractivity (Wildman–Crippen MR) is 74.5 cm³/mol. The first kappa shape index (κ1) is 13.1. The summed E-state index contributed by atoms with van der Waals surface area (Å²) in [6.07, 6.45) is 0. The van der Waals surface area contributed by atoms with Crippen LogP contribution < -0.4 is 4.74 Å². The molecular weight excluding hydrogens is 240 g/mol. The summed E-state index contributed by atoms with van der Waals surface area (Å²) >= 11 is 0. The van der Waals surface area contributed by atoms with E-state index in [9.17, 15) is 4.79 Å². The fourth-order valence-corrected chi connectivity index (χ4v) is 1.98. The molecule has 3 nitrogen and oxygen atoms in total. The molecule has 98 valence electrons. The quantitative estimate of drug-likeness (QED) is 0.910. The number of rotatable bonds is 4. The molecule has 0 saturated carbocycles. The Bertz CT molecular complexity index is 576. The molecule has 2 aromatic carbocycles. The van der Waals surface area contributed by atoms with Crippen LogP contribution in [0.2, 0.25) is 0 Å². The SMILES string of the molecule is COc1ccc(C(C)C(=O)O)cc1-c1ccccc1. The minimum Gasteiger partial charge on any atom is -0.496 e. The Balaban J connectivity index is 2.52. The molecule has 0 aromatic heterocycles. The van der Waals surface area contributed by atoms with E-state index in [0.29, 0.717) is 0 Å². The number of carboxylic acid groups (broad SMARTS) is 1. The maximum absolute atomic E-state index is 11.1. The highest BCUT2D eigenvalue weighted by Crippen LogP contribution is 2.32.